The summed E-state index contributed by atoms with van der Waals surface area (Å²) >= 11 is 0. The molecule has 0 bridgehead atoms. The van der Waals surface area contributed by atoms with Gasteiger partial charge in [0.15, 0.2) is 0 Å². The normalized spacial score (nSPS) is 17.7. The van der Waals surface area contributed by atoms with Gasteiger partial charge in [0, 0.05) is 37.6 Å². The lowest BCUT2D eigenvalue weighted by atomic mass is 10.0. The summed E-state index contributed by atoms with van der Waals surface area (Å²) in [6.07, 6.45) is 6.46. The van der Waals surface area contributed by atoms with E-state index in [9.17, 15) is 4.79 Å². The van der Waals surface area contributed by atoms with E-state index in [1.54, 1.807) is 6.20 Å². The molecule has 0 aliphatic carbocycles. The van der Waals surface area contributed by atoms with Crippen molar-refractivity contribution in [3.63, 3.8) is 0 Å². The van der Waals surface area contributed by atoms with E-state index >= 15 is 0 Å². The zero-order valence-corrected chi connectivity index (χ0v) is 14.0. The Morgan fingerprint density at radius 3 is 2.96 bits per heavy atom. The van der Waals surface area contributed by atoms with Crippen molar-refractivity contribution in [1.82, 2.24) is 30.2 Å². The third-order valence-corrected chi connectivity index (χ3v) is 4.66. The zero-order chi connectivity index (χ0) is 16.4. The monoisotopic (exact) mass is 316 g/mol. The first kappa shape index (κ1) is 15.6. The molecule has 1 aliphatic rings. The number of nitrogens with zero attached hydrogens (tertiary/aromatic N) is 4. The van der Waals surface area contributed by atoms with E-state index in [1.165, 1.54) is 5.56 Å². The van der Waals surface area contributed by atoms with Crippen LogP contribution in [0, 0.1) is 13.8 Å². The average molecular weight is 316 g/mol. The van der Waals surface area contributed by atoms with Crippen LogP contribution in [0.4, 0.5) is 4.79 Å². The van der Waals surface area contributed by atoms with Gasteiger partial charge in [0.25, 0.3) is 0 Å². The molecule has 2 N–H and O–H groups in total. The summed E-state index contributed by atoms with van der Waals surface area (Å²) in [5, 5.41) is 14.2. The molecule has 1 fully saturated rings. The van der Waals surface area contributed by atoms with Crippen LogP contribution < -0.4 is 5.32 Å². The first-order valence-electron chi connectivity index (χ1n) is 8.10. The fourth-order valence-corrected chi connectivity index (χ4v) is 3.41. The molecule has 3 rings (SSSR count). The second-order valence-electron chi connectivity index (χ2n) is 6.15. The molecule has 2 amide bonds. The Balaban J connectivity index is 1.65. The van der Waals surface area contributed by atoms with Crippen LogP contribution in [0.5, 0.6) is 0 Å². The molecule has 0 spiro atoms. The molecule has 1 aliphatic heterocycles. The Labute approximate surface area is 136 Å². The van der Waals surface area contributed by atoms with Crippen LogP contribution in [0.1, 0.15) is 41.4 Å². The van der Waals surface area contributed by atoms with Crippen molar-refractivity contribution >= 4 is 6.03 Å². The number of amides is 2. The van der Waals surface area contributed by atoms with Gasteiger partial charge in [-0.05, 0) is 38.7 Å². The molecule has 0 saturated carbocycles. The average Bonchev–Trinajstić information content (AvgIpc) is 3.22. The van der Waals surface area contributed by atoms with Gasteiger partial charge >= 0.3 is 6.03 Å². The molecule has 0 aromatic carbocycles. The Morgan fingerprint density at radius 2 is 2.30 bits per heavy atom. The van der Waals surface area contributed by atoms with Crippen molar-refractivity contribution in [2.75, 3.05) is 13.1 Å². The number of aryl methyl sites for hydroxylation is 2. The standard InChI is InChI=1S/C16H24N6O/c1-11-15(12(2)21(3)20-11)14-5-4-8-22(14)16(23)17-7-6-13-9-18-19-10-13/h9-10,14H,4-8H2,1-3H3,(H,17,23)(H,18,19). The maximum Gasteiger partial charge on any atom is 0.317 e. The highest BCUT2D eigenvalue weighted by Gasteiger charge is 2.33. The predicted octanol–water partition coefficient (Wildman–Crippen LogP) is 1.85. The summed E-state index contributed by atoms with van der Waals surface area (Å²) in [7, 11) is 1.95. The summed E-state index contributed by atoms with van der Waals surface area (Å²) in [6.45, 7) is 5.51. The van der Waals surface area contributed by atoms with Crippen molar-refractivity contribution in [2.24, 2.45) is 7.05 Å². The highest BCUT2D eigenvalue weighted by molar-refractivity contribution is 5.75. The quantitative estimate of drug-likeness (QED) is 0.903. The Bertz CT molecular complexity index is 675. The van der Waals surface area contributed by atoms with Crippen LogP contribution in [0.25, 0.3) is 0 Å². The first-order chi connectivity index (χ1) is 11.1. The van der Waals surface area contributed by atoms with E-state index in [2.05, 4.69) is 27.5 Å². The number of rotatable bonds is 4. The smallest absolute Gasteiger partial charge is 0.317 e. The maximum absolute atomic E-state index is 12.6. The number of carbonyl (C=O) groups excluding carboxylic acids is 1. The lowest BCUT2D eigenvalue weighted by molar-refractivity contribution is 0.193. The zero-order valence-electron chi connectivity index (χ0n) is 14.0. The second kappa shape index (κ2) is 6.44. The van der Waals surface area contributed by atoms with Crippen molar-refractivity contribution in [3.05, 3.63) is 34.9 Å². The first-order valence-corrected chi connectivity index (χ1v) is 8.10. The summed E-state index contributed by atoms with van der Waals surface area (Å²) in [6, 6.07) is 0.149. The van der Waals surface area contributed by atoms with Gasteiger partial charge in [0.1, 0.15) is 0 Å². The number of H-pyrrole nitrogens is 1. The second-order valence-corrected chi connectivity index (χ2v) is 6.15. The Kier molecular flexibility index (Phi) is 4.36. The fraction of sp³-hybridized carbons (Fsp3) is 0.562. The van der Waals surface area contributed by atoms with Crippen molar-refractivity contribution in [1.29, 1.82) is 0 Å². The number of hydrogen-bond donors (Lipinski definition) is 2. The molecule has 1 atom stereocenters. The molecule has 0 radical (unpaired) electrons. The largest absolute Gasteiger partial charge is 0.338 e. The lowest BCUT2D eigenvalue weighted by Crippen LogP contribution is -2.40. The van der Waals surface area contributed by atoms with Crippen LogP contribution >= 0.6 is 0 Å². The third kappa shape index (κ3) is 3.09. The summed E-state index contributed by atoms with van der Waals surface area (Å²) in [5.41, 5.74) is 4.47. The van der Waals surface area contributed by atoms with Crippen LogP contribution in [0.15, 0.2) is 12.4 Å². The number of carbonyl (C=O) groups is 1. The van der Waals surface area contributed by atoms with Crippen molar-refractivity contribution < 1.29 is 4.79 Å². The highest BCUT2D eigenvalue weighted by Crippen LogP contribution is 2.35. The molecule has 2 aromatic rings. The molecular formula is C16H24N6O. The minimum Gasteiger partial charge on any atom is -0.338 e. The molecule has 1 unspecified atom stereocenters. The minimum atomic E-state index is 0.0126. The molecular weight excluding hydrogens is 292 g/mol. The number of aromatic nitrogens is 4. The number of likely N-dealkylation sites (tertiary alicyclic amines) is 1. The number of hydrogen-bond acceptors (Lipinski definition) is 3. The molecule has 7 heteroatoms. The van der Waals surface area contributed by atoms with E-state index in [-0.39, 0.29) is 12.1 Å². The van der Waals surface area contributed by atoms with Crippen LogP contribution in [-0.4, -0.2) is 44.0 Å². The van der Waals surface area contributed by atoms with Gasteiger partial charge in [-0.3, -0.25) is 9.78 Å². The van der Waals surface area contributed by atoms with Gasteiger partial charge in [0.2, 0.25) is 0 Å². The van der Waals surface area contributed by atoms with E-state index < -0.39 is 0 Å². The summed E-state index contributed by atoms with van der Waals surface area (Å²) in [4.78, 5) is 14.5. The van der Waals surface area contributed by atoms with E-state index in [0.717, 1.165) is 42.8 Å². The number of urea groups is 1. The predicted molar refractivity (Wildman–Crippen MR) is 87.1 cm³/mol. The Morgan fingerprint density at radius 1 is 1.48 bits per heavy atom. The molecule has 124 valence electrons. The minimum absolute atomic E-state index is 0.0126. The van der Waals surface area contributed by atoms with Gasteiger partial charge in [-0.15, -0.1) is 0 Å². The molecule has 2 aromatic heterocycles. The van der Waals surface area contributed by atoms with Crippen molar-refractivity contribution in [2.45, 2.75) is 39.2 Å². The fourth-order valence-electron chi connectivity index (χ4n) is 3.41. The van der Waals surface area contributed by atoms with Crippen LogP contribution in [-0.2, 0) is 13.5 Å². The molecule has 3 heterocycles. The van der Waals surface area contributed by atoms with E-state index in [4.69, 9.17) is 0 Å². The van der Waals surface area contributed by atoms with Gasteiger partial charge in [-0.2, -0.15) is 10.2 Å². The molecule has 1 saturated heterocycles. The number of nitrogens with one attached hydrogen (secondary N) is 2. The SMILES string of the molecule is Cc1nn(C)c(C)c1C1CCCN1C(=O)NCCc1cn[nH]c1. The lowest BCUT2D eigenvalue weighted by Gasteiger charge is -2.25. The summed E-state index contributed by atoms with van der Waals surface area (Å²) in [5.74, 6) is 0. The van der Waals surface area contributed by atoms with E-state index in [0.29, 0.717) is 6.54 Å². The Hall–Kier alpha value is -2.31. The molecule has 23 heavy (non-hydrogen) atoms. The maximum atomic E-state index is 12.6. The highest BCUT2D eigenvalue weighted by atomic mass is 16.2. The van der Waals surface area contributed by atoms with Gasteiger partial charge in [-0.1, -0.05) is 0 Å². The number of aromatic amines is 1. The van der Waals surface area contributed by atoms with Gasteiger partial charge < -0.3 is 10.2 Å². The van der Waals surface area contributed by atoms with Crippen molar-refractivity contribution in [3.8, 4) is 0 Å². The van der Waals surface area contributed by atoms with E-state index in [1.807, 2.05) is 29.7 Å². The topological polar surface area (TPSA) is 78.8 Å². The molecule has 7 nitrogen and oxygen atoms in total. The van der Waals surface area contributed by atoms with Crippen LogP contribution in [0.2, 0.25) is 0 Å². The third-order valence-electron chi connectivity index (χ3n) is 4.66. The summed E-state index contributed by atoms with van der Waals surface area (Å²) < 4.78 is 1.90. The van der Waals surface area contributed by atoms with Gasteiger partial charge in [-0.25, -0.2) is 4.79 Å². The van der Waals surface area contributed by atoms with Gasteiger partial charge in [0.05, 0.1) is 17.9 Å². The van der Waals surface area contributed by atoms with Crippen LogP contribution in [0.3, 0.4) is 0 Å².